The maximum absolute atomic E-state index is 5.00. The van der Waals surface area contributed by atoms with Crippen LogP contribution in [-0.4, -0.2) is 42.7 Å². The lowest BCUT2D eigenvalue weighted by atomic mass is 10.1. The summed E-state index contributed by atoms with van der Waals surface area (Å²) < 4.78 is 1.97. The van der Waals surface area contributed by atoms with Gasteiger partial charge in [0.05, 0.1) is 17.9 Å². The van der Waals surface area contributed by atoms with Crippen LogP contribution >= 0.6 is 0 Å². The third kappa shape index (κ3) is 3.90. The largest absolute Gasteiger partial charge is 0.290 e. The quantitative estimate of drug-likeness (QED) is 0.672. The van der Waals surface area contributed by atoms with Crippen LogP contribution in [0.15, 0.2) is 49.1 Å². The summed E-state index contributed by atoms with van der Waals surface area (Å²) in [4.78, 5) is 16.1. The summed E-state index contributed by atoms with van der Waals surface area (Å²) in [5.74, 6) is 2.34. The van der Waals surface area contributed by atoms with Crippen molar-refractivity contribution in [1.29, 1.82) is 0 Å². The fourth-order valence-electron chi connectivity index (χ4n) is 3.73. The SMILES string of the molecule is CC(C)Cc1nc([C@H](c2cccnc2)N2CCCC2)n(-c2cccnc2)n1. The summed E-state index contributed by atoms with van der Waals surface area (Å²) in [6.07, 6.45) is 10.7. The summed E-state index contributed by atoms with van der Waals surface area (Å²) in [6.45, 7) is 6.53. The Balaban J connectivity index is 1.84. The highest BCUT2D eigenvalue weighted by Crippen LogP contribution is 2.31. The first-order valence-corrected chi connectivity index (χ1v) is 9.72. The van der Waals surface area contributed by atoms with Gasteiger partial charge in [0.1, 0.15) is 0 Å². The summed E-state index contributed by atoms with van der Waals surface area (Å²) in [5, 5.41) is 4.86. The first-order valence-electron chi connectivity index (χ1n) is 9.72. The molecule has 1 fully saturated rings. The Labute approximate surface area is 160 Å². The van der Waals surface area contributed by atoms with E-state index in [0.29, 0.717) is 5.92 Å². The zero-order chi connectivity index (χ0) is 18.6. The van der Waals surface area contributed by atoms with Crippen LogP contribution in [0.25, 0.3) is 5.69 Å². The van der Waals surface area contributed by atoms with Gasteiger partial charge in [-0.05, 0) is 55.6 Å². The normalized spacial score (nSPS) is 16.1. The van der Waals surface area contributed by atoms with Crippen LogP contribution in [0.1, 0.15) is 49.9 Å². The van der Waals surface area contributed by atoms with Crippen molar-refractivity contribution in [1.82, 2.24) is 29.6 Å². The van der Waals surface area contributed by atoms with E-state index in [1.807, 2.05) is 41.5 Å². The van der Waals surface area contributed by atoms with Gasteiger partial charge in [0.15, 0.2) is 11.6 Å². The second-order valence-electron chi connectivity index (χ2n) is 7.54. The highest BCUT2D eigenvalue weighted by Gasteiger charge is 2.30. The van der Waals surface area contributed by atoms with Gasteiger partial charge in [-0.2, -0.15) is 5.10 Å². The molecule has 1 aliphatic rings. The lowest BCUT2D eigenvalue weighted by Crippen LogP contribution is -2.29. The number of nitrogens with zero attached hydrogens (tertiary/aromatic N) is 6. The zero-order valence-corrected chi connectivity index (χ0v) is 16.0. The number of pyridine rings is 2. The van der Waals surface area contributed by atoms with E-state index in [-0.39, 0.29) is 6.04 Å². The van der Waals surface area contributed by atoms with Crippen LogP contribution in [0.4, 0.5) is 0 Å². The van der Waals surface area contributed by atoms with Crippen LogP contribution in [0, 0.1) is 5.92 Å². The van der Waals surface area contributed by atoms with Crippen molar-refractivity contribution in [2.24, 2.45) is 5.92 Å². The van der Waals surface area contributed by atoms with Gasteiger partial charge in [0.2, 0.25) is 0 Å². The molecule has 1 aliphatic heterocycles. The minimum absolute atomic E-state index is 0.0508. The molecule has 4 rings (SSSR count). The molecule has 0 bridgehead atoms. The fraction of sp³-hybridized carbons (Fsp3) is 0.429. The maximum Gasteiger partial charge on any atom is 0.154 e. The first kappa shape index (κ1) is 17.8. The summed E-state index contributed by atoms with van der Waals surface area (Å²) in [6, 6.07) is 8.17. The lowest BCUT2D eigenvalue weighted by Gasteiger charge is -2.27. The molecular weight excluding hydrogens is 336 g/mol. The van der Waals surface area contributed by atoms with E-state index >= 15 is 0 Å². The highest BCUT2D eigenvalue weighted by molar-refractivity contribution is 5.32. The predicted molar refractivity (Wildman–Crippen MR) is 105 cm³/mol. The molecule has 6 heteroatoms. The number of hydrogen-bond donors (Lipinski definition) is 0. The van der Waals surface area contributed by atoms with Crippen molar-refractivity contribution >= 4 is 0 Å². The summed E-state index contributed by atoms with van der Waals surface area (Å²) in [5.41, 5.74) is 2.11. The molecule has 1 saturated heterocycles. The van der Waals surface area contributed by atoms with Gasteiger partial charge in [0.25, 0.3) is 0 Å². The van der Waals surface area contributed by atoms with Crippen molar-refractivity contribution in [3.05, 3.63) is 66.3 Å². The summed E-state index contributed by atoms with van der Waals surface area (Å²) >= 11 is 0. The molecule has 0 unspecified atom stereocenters. The lowest BCUT2D eigenvalue weighted by molar-refractivity contribution is 0.268. The molecule has 6 nitrogen and oxygen atoms in total. The topological polar surface area (TPSA) is 59.7 Å². The fourth-order valence-corrected chi connectivity index (χ4v) is 3.73. The Morgan fingerprint density at radius 3 is 2.37 bits per heavy atom. The molecule has 0 saturated carbocycles. The van der Waals surface area contributed by atoms with E-state index in [0.717, 1.165) is 42.4 Å². The second-order valence-corrected chi connectivity index (χ2v) is 7.54. The minimum atomic E-state index is 0.0508. The van der Waals surface area contributed by atoms with E-state index in [4.69, 9.17) is 10.1 Å². The van der Waals surface area contributed by atoms with E-state index in [1.165, 1.54) is 12.8 Å². The molecule has 140 valence electrons. The molecule has 3 aromatic rings. The summed E-state index contributed by atoms with van der Waals surface area (Å²) in [7, 11) is 0. The maximum atomic E-state index is 5.00. The molecule has 0 aromatic carbocycles. The predicted octanol–water partition coefficient (Wildman–Crippen LogP) is 3.44. The third-order valence-corrected chi connectivity index (χ3v) is 4.91. The number of aromatic nitrogens is 5. The van der Waals surface area contributed by atoms with Gasteiger partial charge in [-0.1, -0.05) is 19.9 Å². The average molecular weight is 362 g/mol. The minimum Gasteiger partial charge on any atom is -0.290 e. The molecule has 0 spiro atoms. The van der Waals surface area contributed by atoms with E-state index < -0.39 is 0 Å². The standard InChI is InChI=1S/C21H26N6/c1-16(2)13-19-24-21(27(25-19)18-8-6-10-23-15-18)20(26-11-3-4-12-26)17-7-5-9-22-14-17/h5-10,14-16,20H,3-4,11-13H2,1-2H3/t20-/m0/s1. The van der Waals surface area contributed by atoms with Crippen molar-refractivity contribution in [2.75, 3.05) is 13.1 Å². The monoisotopic (exact) mass is 362 g/mol. The van der Waals surface area contributed by atoms with Crippen molar-refractivity contribution in [2.45, 2.75) is 39.2 Å². The van der Waals surface area contributed by atoms with E-state index in [9.17, 15) is 0 Å². The smallest absolute Gasteiger partial charge is 0.154 e. The van der Waals surface area contributed by atoms with E-state index in [2.05, 4.69) is 34.8 Å². The Kier molecular flexibility index (Phi) is 5.25. The molecule has 0 amide bonds. The molecule has 27 heavy (non-hydrogen) atoms. The van der Waals surface area contributed by atoms with Gasteiger partial charge in [-0.25, -0.2) is 9.67 Å². The molecular formula is C21H26N6. The second kappa shape index (κ2) is 7.96. The Hall–Kier alpha value is -2.60. The Morgan fingerprint density at radius 1 is 1.00 bits per heavy atom. The third-order valence-electron chi connectivity index (χ3n) is 4.91. The molecule has 4 heterocycles. The van der Waals surface area contributed by atoms with Crippen LogP contribution in [0.3, 0.4) is 0 Å². The van der Waals surface area contributed by atoms with Crippen LogP contribution < -0.4 is 0 Å². The molecule has 0 radical (unpaired) electrons. The molecule has 0 N–H and O–H groups in total. The number of hydrogen-bond acceptors (Lipinski definition) is 5. The van der Waals surface area contributed by atoms with E-state index in [1.54, 1.807) is 6.20 Å². The zero-order valence-electron chi connectivity index (χ0n) is 16.0. The van der Waals surface area contributed by atoms with Crippen LogP contribution in [-0.2, 0) is 6.42 Å². The molecule has 0 aliphatic carbocycles. The van der Waals surface area contributed by atoms with Gasteiger partial charge < -0.3 is 0 Å². The number of likely N-dealkylation sites (tertiary alicyclic amines) is 1. The number of rotatable bonds is 6. The van der Waals surface area contributed by atoms with Crippen LogP contribution in [0.5, 0.6) is 0 Å². The van der Waals surface area contributed by atoms with Crippen molar-refractivity contribution in [3.63, 3.8) is 0 Å². The average Bonchev–Trinajstić information content (AvgIpc) is 3.34. The first-order chi connectivity index (χ1) is 13.2. The molecule has 3 aromatic heterocycles. The van der Waals surface area contributed by atoms with Crippen molar-refractivity contribution in [3.8, 4) is 5.69 Å². The van der Waals surface area contributed by atoms with Crippen LogP contribution in [0.2, 0.25) is 0 Å². The Bertz CT molecular complexity index is 853. The Morgan fingerprint density at radius 2 is 1.74 bits per heavy atom. The van der Waals surface area contributed by atoms with Crippen molar-refractivity contribution < 1.29 is 0 Å². The van der Waals surface area contributed by atoms with Gasteiger partial charge in [0, 0.05) is 25.0 Å². The van der Waals surface area contributed by atoms with Gasteiger partial charge >= 0.3 is 0 Å². The van der Waals surface area contributed by atoms with Gasteiger partial charge in [-0.15, -0.1) is 0 Å². The highest BCUT2D eigenvalue weighted by atomic mass is 15.4. The van der Waals surface area contributed by atoms with Gasteiger partial charge in [-0.3, -0.25) is 14.9 Å². The molecule has 1 atom stereocenters.